The Balaban J connectivity index is 3.26. The summed E-state index contributed by atoms with van der Waals surface area (Å²) in [5, 5.41) is 0.162. The van der Waals surface area contributed by atoms with Crippen LogP contribution in [0.3, 0.4) is 0 Å². The summed E-state index contributed by atoms with van der Waals surface area (Å²) in [7, 11) is 1.44. The minimum absolute atomic E-state index is 0.162. The molecule has 4 nitrogen and oxygen atoms in total. The lowest BCUT2D eigenvalue weighted by atomic mass is 9.92. The Hall–Kier alpha value is -1.30. The molecular weight excluding hydrogens is 344 g/mol. The standard InChI is InChI=1S/C21H36O4Si/c1-15(2)16(3)18-11-17(13-25-26(9,10)21(4,5)6)19(23-8)12-20(18)24-14-22-7/h11-12,16H,1,13-14H2,2-10H3/t16-/m1/s1. The number of hydrogen-bond acceptors (Lipinski definition) is 4. The molecule has 148 valence electrons. The Labute approximate surface area is 160 Å². The summed E-state index contributed by atoms with van der Waals surface area (Å²) < 4.78 is 22.9. The zero-order chi connectivity index (χ0) is 20.1. The molecule has 0 radical (unpaired) electrons. The minimum atomic E-state index is -1.85. The molecule has 1 aromatic carbocycles. The van der Waals surface area contributed by atoms with Gasteiger partial charge in [-0.3, -0.25) is 0 Å². The molecule has 0 saturated carbocycles. The number of ether oxygens (including phenoxy) is 3. The predicted octanol–water partition coefficient (Wildman–Crippen LogP) is 5.88. The van der Waals surface area contributed by atoms with E-state index in [1.54, 1.807) is 14.2 Å². The summed E-state index contributed by atoms with van der Waals surface area (Å²) in [5.41, 5.74) is 3.18. The van der Waals surface area contributed by atoms with Gasteiger partial charge in [0.2, 0.25) is 0 Å². The molecule has 1 rings (SSSR count). The molecule has 5 heteroatoms. The maximum Gasteiger partial charge on any atom is 0.192 e. The molecule has 0 aliphatic heterocycles. The molecule has 26 heavy (non-hydrogen) atoms. The van der Waals surface area contributed by atoms with Crippen molar-refractivity contribution in [2.45, 2.75) is 65.3 Å². The third-order valence-electron chi connectivity index (χ3n) is 5.35. The molecule has 0 aliphatic carbocycles. The zero-order valence-corrected chi connectivity index (χ0v) is 19.0. The maximum atomic E-state index is 6.41. The fourth-order valence-electron chi connectivity index (χ4n) is 2.25. The fraction of sp³-hybridized carbons (Fsp3) is 0.619. The van der Waals surface area contributed by atoms with Crippen molar-refractivity contribution in [3.8, 4) is 11.5 Å². The number of hydrogen-bond donors (Lipinski definition) is 0. The quantitative estimate of drug-likeness (QED) is 0.304. The van der Waals surface area contributed by atoms with Crippen molar-refractivity contribution >= 4 is 8.32 Å². The van der Waals surface area contributed by atoms with Gasteiger partial charge in [-0.1, -0.05) is 39.8 Å². The van der Waals surface area contributed by atoms with E-state index >= 15 is 0 Å². The zero-order valence-electron chi connectivity index (χ0n) is 18.0. The van der Waals surface area contributed by atoms with Gasteiger partial charge in [0, 0.05) is 30.2 Å². The van der Waals surface area contributed by atoms with Gasteiger partial charge in [-0.2, -0.15) is 0 Å². The van der Waals surface area contributed by atoms with Gasteiger partial charge in [0.1, 0.15) is 11.5 Å². The molecule has 1 aromatic rings. The molecule has 0 spiro atoms. The van der Waals surface area contributed by atoms with Gasteiger partial charge >= 0.3 is 0 Å². The Morgan fingerprint density at radius 1 is 1.15 bits per heavy atom. The number of benzene rings is 1. The second kappa shape index (κ2) is 9.06. The summed E-state index contributed by atoms with van der Waals surface area (Å²) in [6, 6.07) is 4.05. The van der Waals surface area contributed by atoms with Crippen LogP contribution >= 0.6 is 0 Å². The normalized spacial score (nSPS) is 13.4. The maximum absolute atomic E-state index is 6.41. The number of allylic oxidation sites excluding steroid dienone is 1. The summed E-state index contributed by atoms with van der Waals surface area (Å²) in [4.78, 5) is 0. The van der Waals surface area contributed by atoms with Crippen LogP contribution in [0.4, 0.5) is 0 Å². The Morgan fingerprint density at radius 2 is 1.77 bits per heavy atom. The van der Waals surface area contributed by atoms with Crippen LogP contribution in [0.15, 0.2) is 24.3 Å². The molecule has 0 bridgehead atoms. The van der Waals surface area contributed by atoms with E-state index in [1.165, 1.54) is 0 Å². The van der Waals surface area contributed by atoms with Crippen molar-refractivity contribution in [3.05, 3.63) is 35.4 Å². The molecule has 0 aliphatic rings. The van der Waals surface area contributed by atoms with Crippen LogP contribution in [-0.2, 0) is 15.8 Å². The summed E-state index contributed by atoms with van der Waals surface area (Å²) >= 11 is 0. The van der Waals surface area contributed by atoms with Crippen LogP contribution < -0.4 is 9.47 Å². The van der Waals surface area contributed by atoms with Crippen LogP contribution in [0.1, 0.15) is 51.7 Å². The fourth-order valence-corrected chi connectivity index (χ4v) is 3.20. The average Bonchev–Trinajstić information content (AvgIpc) is 2.56. The Morgan fingerprint density at radius 3 is 2.23 bits per heavy atom. The van der Waals surface area contributed by atoms with E-state index in [9.17, 15) is 0 Å². The highest BCUT2D eigenvalue weighted by Crippen LogP contribution is 2.40. The third kappa shape index (κ3) is 5.60. The van der Waals surface area contributed by atoms with Gasteiger partial charge in [-0.15, -0.1) is 0 Å². The molecule has 0 aromatic heterocycles. The van der Waals surface area contributed by atoms with Crippen molar-refractivity contribution in [2.75, 3.05) is 21.0 Å². The summed E-state index contributed by atoms with van der Waals surface area (Å²) in [6.07, 6.45) is 0. The highest BCUT2D eigenvalue weighted by Gasteiger charge is 2.37. The largest absolute Gasteiger partial charge is 0.496 e. The molecule has 0 heterocycles. The van der Waals surface area contributed by atoms with Crippen molar-refractivity contribution in [2.24, 2.45) is 0 Å². The first-order valence-corrected chi connectivity index (χ1v) is 12.0. The van der Waals surface area contributed by atoms with Gasteiger partial charge < -0.3 is 18.6 Å². The predicted molar refractivity (Wildman–Crippen MR) is 111 cm³/mol. The first-order chi connectivity index (χ1) is 11.9. The number of rotatable bonds is 9. The van der Waals surface area contributed by atoms with Crippen LogP contribution in [0, 0.1) is 0 Å². The topological polar surface area (TPSA) is 36.9 Å². The Bertz CT molecular complexity index is 617. The van der Waals surface area contributed by atoms with Crippen molar-refractivity contribution in [1.82, 2.24) is 0 Å². The molecule has 0 unspecified atom stereocenters. The highest BCUT2D eigenvalue weighted by atomic mass is 28.4. The van der Waals surface area contributed by atoms with Crippen LogP contribution in [0.5, 0.6) is 11.5 Å². The molecule has 0 saturated heterocycles. The second-order valence-corrected chi connectivity index (χ2v) is 13.2. The smallest absolute Gasteiger partial charge is 0.192 e. The first kappa shape index (κ1) is 22.7. The number of methoxy groups -OCH3 is 2. The molecule has 0 fully saturated rings. The van der Waals surface area contributed by atoms with Gasteiger partial charge in [0.15, 0.2) is 15.1 Å². The Kier molecular flexibility index (Phi) is 7.93. The molecule has 0 N–H and O–H groups in total. The molecule has 0 amide bonds. The van der Waals surface area contributed by atoms with Crippen LogP contribution in [-0.4, -0.2) is 29.3 Å². The van der Waals surface area contributed by atoms with Crippen molar-refractivity contribution in [3.63, 3.8) is 0 Å². The lowest BCUT2D eigenvalue weighted by Gasteiger charge is -2.36. The van der Waals surface area contributed by atoms with E-state index in [4.69, 9.17) is 18.6 Å². The summed E-state index contributed by atoms with van der Waals surface area (Å²) in [6.45, 7) is 20.2. The van der Waals surface area contributed by atoms with E-state index in [0.29, 0.717) is 6.61 Å². The summed E-state index contributed by atoms with van der Waals surface area (Å²) in [5.74, 6) is 1.70. The van der Waals surface area contributed by atoms with E-state index in [1.807, 2.05) is 13.0 Å². The van der Waals surface area contributed by atoms with E-state index in [-0.39, 0.29) is 17.7 Å². The highest BCUT2D eigenvalue weighted by molar-refractivity contribution is 6.74. The van der Waals surface area contributed by atoms with Gasteiger partial charge in [-0.05, 0) is 31.1 Å². The van der Waals surface area contributed by atoms with Crippen molar-refractivity contribution in [1.29, 1.82) is 0 Å². The van der Waals surface area contributed by atoms with Crippen LogP contribution in [0.25, 0.3) is 0 Å². The monoisotopic (exact) mass is 380 g/mol. The van der Waals surface area contributed by atoms with Crippen LogP contribution in [0.2, 0.25) is 18.1 Å². The van der Waals surface area contributed by atoms with Gasteiger partial charge in [-0.25, -0.2) is 0 Å². The third-order valence-corrected chi connectivity index (χ3v) is 9.82. The average molecular weight is 381 g/mol. The first-order valence-electron chi connectivity index (χ1n) is 9.06. The van der Waals surface area contributed by atoms with Gasteiger partial charge in [0.05, 0.1) is 13.7 Å². The van der Waals surface area contributed by atoms with E-state index in [2.05, 4.69) is 53.4 Å². The molecular formula is C21H36O4Si. The molecule has 1 atom stereocenters. The van der Waals surface area contributed by atoms with E-state index in [0.717, 1.165) is 28.2 Å². The van der Waals surface area contributed by atoms with E-state index < -0.39 is 8.32 Å². The lowest BCUT2D eigenvalue weighted by Crippen LogP contribution is -2.40. The van der Waals surface area contributed by atoms with Crippen molar-refractivity contribution < 1.29 is 18.6 Å². The lowest BCUT2D eigenvalue weighted by molar-refractivity contribution is 0.0501. The SMILES string of the molecule is C=C(C)[C@@H](C)c1cc(CO[Si](C)(C)C(C)(C)C)c(OC)cc1OCOC. The van der Waals surface area contributed by atoms with Gasteiger partial charge in [0.25, 0.3) is 0 Å². The minimum Gasteiger partial charge on any atom is -0.496 e. The second-order valence-electron chi connectivity index (χ2n) is 8.37.